The second-order valence-corrected chi connectivity index (χ2v) is 6.98. The summed E-state index contributed by atoms with van der Waals surface area (Å²) in [5.41, 5.74) is -0.0885. The van der Waals surface area contributed by atoms with Crippen LogP contribution in [0.1, 0.15) is 42.0 Å². The number of rotatable bonds is 4. The molecule has 2 aromatic rings. The smallest absolute Gasteiger partial charge is 0.282 e. The highest BCUT2D eigenvalue weighted by molar-refractivity contribution is 7.09. The Morgan fingerprint density at radius 1 is 1.25 bits per heavy atom. The van der Waals surface area contributed by atoms with Crippen LogP contribution in [0.3, 0.4) is 0 Å². The van der Waals surface area contributed by atoms with Gasteiger partial charge in [-0.1, -0.05) is 12.1 Å². The molecule has 24 heavy (non-hydrogen) atoms. The number of amides is 2. The second kappa shape index (κ2) is 7.53. The van der Waals surface area contributed by atoms with Crippen LogP contribution in [-0.2, 0) is 4.79 Å². The lowest BCUT2D eigenvalue weighted by atomic mass is 10.2. The molecule has 2 amide bonds. The van der Waals surface area contributed by atoms with E-state index in [0.29, 0.717) is 4.80 Å². The number of carbonyl (C=O) groups excluding carboxylic acids is 2. The van der Waals surface area contributed by atoms with Gasteiger partial charge in [0, 0.05) is 17.1 Å². The molecule has 0 spiro atoms. The predicted molar refractivity (Wildman–Crippen MR) is 91.3 cm³/mol. The molecule has 0 saturated heterocycles. The van der Waals surface area contributed by atoms with E-state index < -0.39 is 17.8 Å². The summed E-state index contributed by atoms with van der Waals surface area (Å²) in [7, 11) is 0. The van der Waals surface area contributed by atoms with E-state index in [9.17, 15) is 14.0 Å². The Labute approximate surface area is 143 Å². The largest absolute Gasteiger partial charge is 0.352 e. The summed E-state index contributed by atoms with van der Waals surface area (Å²) < 4.78 is 15.4. The average Bonchev–Trinajstić information content (AvgIpc) is 2.86. The Kier molecular flexibility index (Phi) is 5.66. The number of nitrogens with zero attached hydrogens (tertiary/aromatic N) is 2. The first-order valence-corrected chi connectivity index (χ1v) is 8.43. The Hall–Kier alpha value is -2.28. The molecule has 7 heteroatoms. The number of nitrogens with one attached hydrogen (secondary N) is 1. The van der Waals surface area contributed by atoms with E-state index in [0.717, 1.165) is 4.88 Å². The van der Waals surface area contributed by atoms with Crippen molar-refractivity contribution in [1.82, 2.24) is 9.88 Å². The maximum atomic E-state index is 13.7. The van der Waals surface area contributed by atoms with Crippen molar-refractivity contribution in [2.45, 2.75) is 39.8 Å². The fourth-order valence-electron chi connectivity index (χ4n) is 2.15. The lowest BCUT2D eigenvalue weighted by molar-refractivity contribution is -0.124. The van der Waals surface area contributed by atoms with Gasteiger partial charge in [0.05, 0.1) is 5.56 Å². The SMILES string of the molecule is Cc1cn(C(C)C(=O)NC(C)C)c(=NC(=O)c2ccccc2F)s1. The number of hydrogen-bond donors (Lipinski definition) is 1. The number of aromatic nitrogens is 1. The van der Waals surface area contributed by atoms with Crippen molar-refractivity contribution in [3.05, 3.63) is 51.5 Å². The zero-order chi connectivity index (χ0) is 17.9. The van der Waals surface area contributed by atoms with Crippen LogP contribution in [0.5, 0.6) is 0 Å². The Bertz CT molecular complexity index is 823. The Morgan fingerprint density at radius 3 is 2.54 bits per heavy atom. The molecule has 5 nitrogen and oxygen atoms in total. The van der Waals surface area contributed by atoms with Gasteiger partial charge in [-0.25, -0.2) is 4.39 Å². The second-order valence-electron chi connectivity index (χ2n) is 5.77. The molecule has 1 unspecified atom stereocenters. The first-order chi connectivity index (χ1) is 11.3. The minimum absolute atomic E-state index is 0.0146. The third kappa shape index (κ3) is 4.17. The lowest BCUT2D eigenvalue weighted by Crippen LogP contribution is -2.38. The molecule has 1 N–H and O–H groups in total. The third-order valence-corrected chi connectivity index (χ3v) is 4.24. The maximum Gasteiger partial charge on any atom is 0.282 e. The van der Waals surface area contributed by atoms with Gasteiger partial charge >= 0.3 is 0 Å². The quantitative estimate of drug-likeness (QED) is 0.922. The molecule has 0 aliphatic heterocycles. The highest BCUT2D eigenvalue weighted by Gasteiger charge is 2.18. The van der Waals surface area contributed by atoms with Gasteiger partial charge in [-0.3, -0.25) is 9.59 Å². The summed E-state index contributed by atoms with van der Waals surface area (Å²) in [6, 6.07) is 5.19. The van der Waals surface area contributed by atoms with E-state index in [-0.39, 0.29) is 17.5 Å². The van der Waals surface area contributed by atoms with Gasteiger partial charge in [0.15, 0.2) is 4.80 Å². The minimum atomic E-state index is -0.667. The van der Waals surface area contributed by atoms with Crippen molar-refractivity contribution in [3.63, 3.8) is 0 Å². The Morgan fingerprint density at radius 2 is 1.92 bits per heavy atom. The van der Waals surface area contributed by atoms with E-state index in [1.165, 1.54) is 29.5 Å². The van der Waals surface area contributed by atoms with Gasteiger partial charge in [0.2, 0.25) is 5.91 Å². The summed E-state index contributed by atoms with van der Waals surface area (Å²) in [5.74, 6) is -1.44. The predicted octanol–water partition coefficient (Wildman–Crippen LogP) is 2.82. The van der Waals surface area contributed by atoms with Crippen LogP contribution in [0, 0.1) is 12.7 Å². The number of hydrogen-bond acceptors (Lipinski definition) is 3. The molecule has 0 saturated carbocycles. The van der Waals surface area contributed by atoms with Crippen LogP contribution in [0.25, 0.3) is 0 Å². The van der Waals surface area contributed by atoms with Gasteiger partial charge < -0.3 is 9.88 Å². The summed E-state index contributed by atoms with van der Waals surface area (Å²) in [6.45, 7) is 7.35. The van der Waals surface area contributed by atoms with Crippen molar-refractivity contribution < 1.29 is 14.0 Å². The van der Waals surface area contributed by atoms with Gasteiger partial charge in [-0.05, 0) is 39.8 Å². The van der Waals surface area contributed by atoms with Crippen LogP contribution < -0.4 is 10.1 Å². The van der Waals surface area contributed by atoms with E-state index >= 15 is 0 Å². The molecule has 1 aromatic carbocycles. The molecule has 128 valence electrons. The van der Waals surface area contributed by atoms with Crippen molar-refractivity contribution in [3.8, 4) is 0 Å². The summed E-state index contributed by atoms with van der Waals surface area (Å²) in [5, 5.41) is 2.83. The number of thiazole rings is 1. The van der Waals surface area contributed by atoms with E-state index in [1.807, 2.05) is 20.8 Å². The number of benzene rings is 1. The van der Waals surface area contributed by atoms with E-state index in [2.05, 4.69) is 10.3 Å². The van der Waals surface area contributed by atoms with E-state index in [4.69, 9.17) is 0 Å². The first kappa shape index (κ1) is 18.1. The van der Waals surface area contributed by atoms with Crippen molar-refractivity contribution in [1.29, 1.82) is 0 Å². The normalized spacial score (nSPS) is 13.2. The summed E-state index contributed by atoms with van der Waals surface area (Å²) in [4.78, 5) is 29.8. The lowest BCUT2D eigenvalue weighted by Gasteiger charge is -2.15. The molecule has 0 aliphatic rings. The highest BCUT2D eigenvalue weighted by atomic mass is 32.1. The van der Waals surface area contributed by atoms with Crippen LogP contribution >= 0.6 is 11.3 Å². The van der Waals surface area contributed by atoms with E-state index in [1.54, 1.807) is 23.8 Å². The van der Waals surface area contributed by atoms with Gasteiger partial charge in [-0.15, -0.1) is 11.3 Å². The fourth-order valence-corrected chi connectivity index (χ4v) is 3.04. The van der Waals surface area contributed by atoms with Gasteiger partial charge in [0.1, 0.15) is 11.9 Å². The molecule has 0 aliphatic carbocycles. The van der Waals surface area contributed by atoms with Gasteiger partial charge in [-0.2, -0.15) is 4.99 Å². The molecule has 0 fully saturated rings. The minimum Gasteiger partial charge on any atom is -0.352 e. The van der Waals surface area contributed by atoms with Gasteiger partial charge in [0.25, 0.3) is 5.91 Å². The Balaban J connectivity index is 2.40. The molecule has 1 aromatic heterocycles. The monoisotopic (exact) mass is 349 g/mol. The van der Waals surface area contributed by atoms with Crippen LogP contribution in [0.4, 0.5) is 4.39 Å². The fraction of sp³-hybridized carbons (Fsp3) is 0.353. The number of aryl methyl sites for hydroxylation is 1. The molecular formula is C17H20FN3O2S. The van der Waals surface area contributed by atoms with Crippen LogP contribution in [-0.4, -0.2) is 22.4 Å². The molecule has 0 radical (unpaired) electrons. The first-order valence-electron chi connectivity index (χ1n) is 7.62. The highest BCUT2D eigenvalue weighted by Crippen LogP contribution is 2.11. The molecule has 1 heterocycles. The average molecular weight is 349 g/mol. The van der Waals surface area contributed by atoms with Crippen LogP contribution in [0.15, 0.2) is 35.5 Å². The summed E-state index contributed by atoms with van der Waals surface area (Å²) in [6.07, 6.45) is 1.77. The molecule has 0 bridgehead atoms. The zero-order valence-corrected chi connectivity index (χ0v) is 14.9. The summed E-state index contributed by atoms with van der Waals surface area (Å²) >= 11 is 1.28. The topological polar surface area (TPSA) is 63.5 Å². The molecule has 2 rings (SSSR count). The zero-order valence-electron chi connectivity index (χ0n) is 14.0. The molecular weight excluding hydrogens is 329 g/mol. The number of halogens is 1. The maximum absolute atomic E-state index is 13.7. The molecule has 1 atom stereocenters. The van der Waals surface area contributed by atoms with Crippen molar-refractivity contribution in [2.75, 3.05) is 0 Å². The number of carbonyl (C=O) groups is 2. The van der Waals surface area contributed by atoms with Crippen LogP contribution in [0.2, 0.25) is 0 Å². The van der Waals surface area contributed by atoms with Crippen molar-refractivity contribution >= 4 is 23.2 Å². The van der Waals surface area contributed by atoms with Crippen molar-refractivity contribution in [2.24, 2.45) is 4.99 Å². The standard InChI is InChI=1S/C17H20FN3O2S/c1-10(2)19-15(22)12(4)21-9-11(3)24-17(21)20-16(23)13-7-5-6-8-14(13)18/h5-10,12H,1-4H3,(H,19,22). The third-order valence-electron chi connectivity index (χ3n) is 3.32.